The van der Waals surface area contributed by atoms with E-state index in [-0.39, 0.29) is 0 Å². The number of hydrogen-bond donors (Lipinski definition) is 1. The Morgan fingerprint density at radius 1 is 1.31 bits per heavy atom. The van der Waals surface area contributed by atoms with Crippen molar-refractivity contribution in [2.24, 2.45) is 0 Å². The van der Waals surface area contributed by atoms with Gasteiger partial charge in [-0.05, 0) is 12.8 Å². The summed E-state index contributed by atoms with van der Waals surface area (Å²) in [5.41, 5.74) is -0.781. The van der Waals surface area contributed by atoms with Gasteiger partial charge in [0, 0.05) is 13.1 Å². The van der Waals surface area contributed by atoms with Crippen molar-refractivity contribution < 1.29 is 9.90 Å². The van der Waals surface area contributed by atoms with Gasteiger partial charge in [0.05, 0.1) is 0 Å². The van der Waals surface area contributed by atoms with Gasteiger partial charge < -0.3 is 5.11 Å². The van der Waals surface area contributed by atoms with Crippen LogP contribution in [0.1, 0.15) is 33.1 Å². The molecule has 0 aliphatic heterocycles. The molecular weight excluding hydrogens is 202 g/mol. The summed E-state index contributed by atoms with van der Waals surface area (Å²) in [4.78, 5) is 13.5. The molecule has 0 aliphatic carbocycles. The Hall–Kier alpha value is -1.09. The lowest BCUT2D eigenvalue weighted by Crippen LogP contribution is -2.54. The Bertz CT molecular complexity index is 240. The van der Waals surface area contributed by atoms with Crippen molar-refractivity contribution in [2.45, 2.75) is 38.6 Å². The van der Waals surface area contributed by atoms with Crippen LogP contribution in [-0.4, -0.2) is 34.6 Å². The van der Waals surface area contributed by atoms with Gasteiger partial charge in [0.1, 0.15) is 5.54 Å². The van der Waals surface area contributed by atoms with Crippen LogP contribution in [0.25, 0.3) is 0 Å². The Morgan fingerprint density at radius 3 is 2.06 bits per heavy atom. The molecule has 1 N–H and O–H groups in total. The van der Waals surface area contributed by atoms with E-state index in [1.54, 1.807) is 12.2 Å². The summed E-state index contributed by atoms with van der Waals surface area (Å²) in [6, 6.07) is 0. The van der Waals surface area contributed by atoms with E-state index in [2.05, 4.69) is 13.2 Å². The Kier molecular flexibility index (Phi) is 6.74. The molecule has 0 rings (SSSR count). The average molecular weight is 225 g/mol. The highest BCUT2D eigenvalue weighted by Gasteiger charge is 2.40. The second kappa shape index (κ2) is 7.23. The summed E-state index contributed by atoms with van der Waals surface area (Å²) in [7, 11) is 0. The minimum absolute atomic E-state index is 0.576. The quantitative estimate of drug-likeness (QED) is 0.613. The lowest BCUT2D eigenvalue weighted by atomic mass is 9.88. The zero-order valence-electron chi connectivity index (χ0n) is 10.4. The van der Waals surface area contributed by atoms with Crippen LogP contribution in [0.4, 0.5) is 0 Å². The molecule has 0 heterocycles. The topological polar surface area (TPSA) is 40.5 Å². The molecule has 0 amide bonds. The maximum atomic E-state index is 11.5. The van der Waals surface area contributed by atoms with E-state index in [1.165, 1.54) is 0 Å². The van der Waals surface area contributed by atoms with Crippen LogP contribution in [0.5, 0.6) is 0 Å². The first kappa shape index (κ1) is 14.9. The molecule has 0 saturated carbocycles. The summed E-state index contributed by atoms with van der Waals surface area (Å²) < 4.78 is 0. The van der Waals surface area contributed by atoms with Crippen LogP contribution in [0, 0.1) is 0 Å². The molecule has 16 heavy (non-hydrogen) atoms. The average Bonchev–Trinajstić information content (AvgIpc) is 2.25. The molecule has 3 nitrogen and oxygen atoms in total. The van der Waals surface area contributed by atoms with E-state index in [4.69, 9.17) is 0 Å². The fourth-order valence-corrected chi connectivity index (χ4v) is 2.10. The van der Waals surface area contributed by atoms with Crippen LogP contribution in [-0.2, 0) is 4.79 Å². The number of aliphatic carboxylic acids is 1. The number of rotatable bonds is 9. The van der Waals surface area contributed by atoms with Crippen LogP contribution >= 0.6 is 0 Å². The predicted octanol–water partition coefficient (Wildman–Crippen LogP) is 2.69. The summed E-state index contributed by atoms with van der Waals surface area (Å²) in [5.74, 6) is -0.749. The number of hydrogen-bond acceptors (Lipinski definition) is 2. The van der Waals surface area contributed by atoms with Gasteiger partial charge in [-0.1, -0.05) is 32.4 Å². The highest BCUT2D eigenvalue weighted by Crippen LogP contribution is 2.26. The van der Waals surface area contributed by atoms with Gasteiger partial charge in [0.15, 0.2) is 0 Å². The molecule has 0 radical (unpaired) electrons. The van der Waals surface area contributed by atoms with Gasteiger partial charge in [-0.15, -0.1) is 13.2 Å². The molecule has 0 aromatic carbocycles. The lowest BCUT2D eigenvalue weighted by molar-refractivity contribution is -0.152. The summed E-state index contributed by atoms with van der Waals surface area (Å²) in [6.45, 7) is 12.4. The van der Waals surface area contributed by atoms with Gasteiger partial charge in [-0.25, -0.2) is 0 Å². The van der Waals surface area contributed by atoms with E-state index in [1.807, 2.05) is 18.7 Å². The molecule has 0 aliphatic rings. The van der Waals surface area contributed by atoms with Crippen LogP contribution in [0.3, 0.4) is 0 Å². The first-order valence-electron chi connectivity index (χ1n) is 5.79. The van der Waals surface area contributed by atoms with Crippen LogP contribution in [0.2, 0.25) is 0 Å². The molecule has 92 valence electrons. The molecular formula is C13H23NO2. The Balaban J connectivity index is 5.12. The van der Waals surface area contributed by atoms with Crippen molar-refractivity contribution in [1.29, 1.82) is 0 Å². The highest BCUT2D eigenvalue weighted by molar-refractivity contribution is 5.78. The molecule has 0 bridgehead atoms. The fraction of sp³-hybridized carbons (Fsp3) is 0.615. The van der Waals surface area contributed by atoms with E-state index >= 15 is 0 Å². The van der Waals surface area contributed by atoms with Crippen molar-refractivity contribution in [2.75, 3.05) is 13.1 Å². The van der Waals surface area contributed by atoms with Gasteiger partial charge in [0.2, 0.25) is 0 Å². The first-order chi connectivity index (χ1) is 7.58. The molecule has 1 atom stereocenters. The largest absolute Gasteiger partial charge is 0.480 e. The van der Waals surface area contributed by atoms with Crippen molar-refractivity contribution in [3.8, 4) is 0 Å². The smallest absolute Gasteiger partial charge is 0.324 e. The van der Waals surface area contributed by atoms with Crippen LogP contribution in [0.15, 0.2) is 25.3 Å². The molecule has 3 heteroatoms. The van der Waals surface area contributed by atoms with Gasteiger partial charge in [0.25, 0.3) is 0 Å². The van der Waals surface area contributed by atoms with E-state index in [0.717, 1.165) is 6.42 Å². The zero-order chi connectivity index (χ0) is 12.6. The fourth-order valence-electron chi connectivity index (χ4n) is 2.10. The van der Waals surface area contributed by atoms with E-state index in [9.17, 15) is 9.90 Å². The normalized spacial score (nSPS) is 14.4. The van der Waals surface area contributed by atoms with Gasteiger partial charge in [-0.3, -0.25) is 9.69 Å². The van der Waals surface area contributed by atoms with Crippen molar-refractivity contribution in [3.63, 3.8) is 0 Å². The standard InChI is InChI=1S/C13H23NO2/c1-5-9-13(8-4,12(15)16)14(10-6-2)11-7-3/h6-7H,2-3,5,8-11H2,1,4H3,(H,15,16). The molecule has 1 unspecified atom stereocenters. The van der Waals surface area contributed by atoms with Crippen LogP contribution < -0.4 is 0 Å². The van der Waals surface area contributed by atoms with E-state index in [0.29, 0.717) is 25.9 Å². The minimum atomic E-state index is -0.781. The van der Waals surface area contributed by atoms with E-state index < -0.39 is 11.5 Å². The molecule has 0 aromatic heterocycles. The highest BCUT2D eigenvalue weighted by atomic mass is 16.4. The first-order valence-corrected chi connectivity index (χ1v) is 5.79. The number of carboxylic acid groups (broad SMARTS) is 1. The second-order valence-corrected chi connectivity index (χ2v) is 3.92. The Morgan fingerprint density at radius 2 is 1.81 bits per heavy atom. The maximum Gasteiger partial charge on any atom is 0.324 e. The zero-order valence-corrected chi connectivity index (χ0v) is 10.4. The monoisotopic (exact) mass is 225 g/mol. The van der Waals surface area contributed by atoms with Crippen molar-refractivity contribution >= 4 is 5.97 Å². The second-order valence-electron chi connectivity index (χ2n) is 3.92. The third-order valence-corrected chi connectivity index (χ3v) is 2.95. The van der Waals surface area contributed by atoms with Gasteiger partial charge >= 0.3 is 5.97 Å². The van der Waals surface area contributed by atoms with Crippen molar-refractivity contribution in [1.82, 2.24) is 4.90 Å². The summed E-state index contributed by atoms with van der Waals surface area (Å²) in [5, 5.41) is 9.47. The summed E-state index contributed by atoms with van der Waals surface area (Å²) in [6.07, 6.45) is 5.59. The lowest BCUT2D eigenvalue weighted by Gasteiger charge is -2.39. The maximum absolute atomic E-state index is 11.5. The third-order valence-electron chi connectivity index (χ3n) is 2.95. The summed E-state index contributed by atoms with van der Waals surface area (Å²) >= 11 is 0. The molecule has 0 spiro atoms. The van der Waals surface area contributed by atoms with Crippen molar-refractivity contribution in [3.05, 3.63) is 25.3 Å². The minimum Gasteiger partial charge on any atom is -0.480 e. The number of nitrogens with zero attached hydrogens (tertiary/aromatic N) is 1. The Labute approximate surface area is 98.5 Å². The molecule has 0 fully saturated rings. The predicted molar refractivity (Wildman–Crippen MR) is 67.5 cm³/mol. The van der Waals surface area contributed by atoms with Gasteiger partial charge in [-0.2, -0.15) is 0 Å². The molecule has 0 aromatic rings. The number of carboxylic acids is 1. The third kappa shape index (κ3) is 3.20. The number of carbonyl (C=O) groups is 1. The SMILES string of the molecule is C=CCN(CC=C)C(CC)(CCC)C(=O)O. The molecule has 0 saturated heterocycles.